The zero-order valence-corrected chi connectivity index (χ0v) is 8.76. The van der Waals surface area contributed by atoms with E-state index in [9.17, 15) is 4.79 Å². The highest BCUT2D eigenvalue weighted by molar-refractivity contribution is 5.88. The summed E-state index contributed by atoms with van der Waals surface area (Å²) in [6.45, 7) is 6.13. The quantitative estimate of drug-likeness (QED) is 0.650. The number of nitrogens with one attached hydrogen (secondary N) is 1. The molecule has 1 amide bonds. The fraction of sp³-hybridized carbons (Fsp3) is 0.727. The highest BCUT2D eigenvalue weighted by Gasteiger charge is 2.21. The highest BCUT2D eigenvalue weighted by Crippen LogP contribution is 2.24. The number of carbonyl (C=O) groups excluding carboxylic acids is 1. The third kappa shape index (κ3) is 3.62. The summed E-state index contributed by atoms with van der Waals surface area (Å²) < 4.78 is 0. The van der Waals surface area contributed by atoms with Crippen molar-refractivity contribution in [3.63, 3.8) is 0 Å². The van der Waals surface area contributed by atoms with Crippen LogP contribution in [0.4, 0.5) is 0 Å². The molecule has 1 saturated carbocycles. The number of rotatable bonds is 2. The van der Waals surface area contributed by atoms with Gasteiger partial charge in [-0.15, -0.1) is 0 Å². The van der Waals surface area contributed by atoms with Crippen molar-refractivity contribution in [1.82, 2.24) is 5.32 Å². The molecule has 0 aromatic carbocycles. The molecule has 2 heteroatoms. The van der Waals surface area contributed by atoms with Gasteiger partial charge in [0.05, 0.1) is 0 Å². The summed E-state index contributed by atoms with van der Waals surface area (Å²) in [6.07, 6.45) is 5.20. The molecule has 2 unspecified atom stereocenters. The van der Waals surface area contributed by atoms with Crippen LogP contribution in [0.5, 0.6) is 0 Å². The summed E-state index contributed by atoms with van der Waals surface area (Å²) in [4.78, 5) is 11.3. The smallest absolute Gasteiger partial charge is 0.244 e. The van der Waals surface area contributed by atoms with Crippen molar-refractivity contribution < 1.29 is 4.79 Å². The Labute approximate surface area is 80.4 Å². The number of hydrogen-bond acceptors (Lipinski definition) is 1. The van der Waals surface area contributed by atoms with E-state index in [1.165, 1.54) is 6.42 Å². The first-order valence-electron chi connectivity index (χ1n) is 5.03. The van der Waals surface area contributed by atoms with Gasteiger partial charge >= 0.3 is 0 Å². The van der Waals surface area contributed by atoms with Gasteiger partial charge in [0, 0.05) is 12.1 Å². The van der Waals surface area contributed by atoms with Gasteiger partial charge in [-0.05, 0) is 39.0 Å². The number of allylic oxidation sites excluding steroid dienone is 1. The van der Waals surface area contributed by atoms with Gasteiger partial charge < -0.3 is 5.32 Å². The molecule has 1 aliphatic carbocycles. The van der Waals surface area contributed by atoms with E-state index in [0.717, 1.165) is 24.3 Å². The van der Waals surface area contributed by atoms with Crippen molar-refractivity contribution in [3.05, 3.63) is 11.6 Å². The average molecular weight is 181 g/mol. The van der Waals surface area contributed by atoms with Gasteiger partial charge in [0.25, 0.3) is 0 Å². The van der Waals surface area contributed by atoms with Gasteiger partial charge in [-0.1, -0.05) is 12.5 Å². The van der Waals surface area contributed by atoms with Crippen LogP contribution in [0.3, 0.4) is 0 Å². The monoisotopic (exact) mass is 181 g/mol. The molecule has 74 valence electrons. The van der Waals surface area contributed by atoms with E-state index in [1.807, 2.05) is 13.8 Å². The Morgan fingerprint density at radius 1 is 1.38 bits per heavy atom. The zero-order valence-electron chi connectivity index (χ0n) is 8.76. The predicted octanol–water partition coefficient (Wildman–Crippen LogP) is 2.26. The molecule has 0 radical (unpaired) electrons. The molecule has 0 aliphatic heterocycles. The Bertz CT molecular complexity index is 216. The lowest BCUT2D eigenvalue weighted by molar-refractivity contribution is -0.117. The lowest BCUT2D eigenvalue weighted by Gasteiger charge is -2.10. The van der Waals surface area contributed by atoms with Crippen LogP contribution in [0, 0.1) is 5.92 Å². The van der Waals surface area contributed by atoms with Gasteiger partial charge in [0.15, 0.2) is 0 Å². The molecule has 1 N–H and O–H groups in total. The molecule has 1 fully saturated rings. The largest absolute Gasteiger partial charge is 0.350 e. The Morgan fingerprint density at radius 3 is 2.54 bits per heavy atom. The molecule has 0 aromatic rings. The van der Waals surface area contributed by atoms with Gasteiger partial charge in [0.1, 0.15) is 0 Å². The maximum atomic E-state index is 11.3. The first-order valence-corrected chi connectivity index (χ1v) is 5.03. The lowest BCUT2D eigenvalue weighted by Crippen LogP contribution is -2.31. The molecule has 2 atom stereocenters. The lowest BCUT2D eigenvalue weighted by atomic mass is 10.1. The summed E-state index contributed by atoms with van der Waals surface area (Å²) in [5.74, 6) is 0.844. The summed E-state index contributed by atoms with van der Waals surface area (Å²) in [7, 11) is 0. The number of hydrogen-bond donors (Lipinski definition) is 1. The van der Waals surface area contributed by atoms with Crippen molar-refractivity contribution in [2.24, 2.45) is 5.92 Å². The number of amides is 1. The van der Waals surface area contributed by atoms with Crippen molar-refractivity contribution in [2.75, 3.05) is 0 Å². The van der Waals surface area contributed by atoms with E-state index < -0.39 is 0 Å². The SMILES string of the molecule is CC(C)=CC(=O)NC1CCC(C)C1. The molecule has 0 spiro atoms. The maximum absolute atomic E-state index is 11.3. The minimum atomic E-state index is 0.0686. The van der Waals surface area contributed by atoms with Crippen molar-refractivity contribution in [3.8, 4) is 0 Å². The fourth-order valence-electron chi connectivity index (χ4n) is 1.84. The van der Waals surface area contributed by atoms with E-state index in [2.05, 4.69) is 12.2 Å². The molecule has 0 aromatic heterocycles. The zero-order chi connectivity index (χ0) is 9.84. The topological polar surface area (TPSA) is 29.1 Å². The molecule has 13 heavy (non-hydrogen) atoms. The van der Waals surface area contributed by atoms with Crippen LogP contribution in [-0.2, 0) is 4.79 Å². The van der Waals surface area contributed by atoms with E-state index in [0.29, 0.717) is 6.04 Å². The van der Waals surface area contributed by atoms with Crippen LogP contribution in [0.1, 0.15) is 40.0 Å². The predicted molar refractivity (Wildman–Crippen MR) is 54.4 cm³/mol. The minimum Gasteiger partial charge on any atom is -0.350 e. The average Bonchev–Trinajstić information content (AvgIpc) is 2.33. The third-order valence-electron chi connectivity index (χ3n) is 2.46. The van der Waals surface area contributed by atoms with Gasteiger partial charge in [0.2, 0.25) is 5.91 Å². The second-order valence-corrected chi connectivity index (χ2v) is 4.35. The summed E-state index contributed by atoms with van der Waals surface area (Å²) in [6, 6.07) is 0.415. The van der Waals surface area contributed by atoms with Crippen LogP contribution < -0.4 is 5.32 Å². The van der Waals surface area contributed by atoms with Gasteiger partial charge in [-0.25, -0.2) is 0 Å². The summed E-state index contributed by atoms with van der Waals surface area (Å²) in [5, 5.41) is 3.03. The normalized spacial score (nSPS) is 27.0. The highest BCUT2D eigenvalue weighted by atomic mass is 16.1. The molecular weight excluding hydrogens is 162 g/mol. The Balaban J connectivity index is 2.33. The molecule has 0 saturated heterocycles. The summed E-state index contributed by atoms with van der Waals surface area (Å²) in [5.41, 5.74) is 1.06. The van der Waals surface area contributed by atoms with E-state index in [1.54, 1.807) is 6.08 Å². The number of carbonyl (C=O) groups is 1. The molecule has 0 heterocycles. The molecule has 2 nitrogen and oxygen atoms in total. The first kappa shape index (κ1) is 10.3. The summed E-state index contributed by atoms with van der Waals surface area (Å²) >= 11 is 0. The first-order chi connectivity index (χ1) is 6.08. The van der Waals surface area contributed by atoms with Crippen molar-refractivity contribution in [2.45, 2.75) is 46.1 Å². The Hall–Kier alpha value is -0.790. The third-order valence-corrected chi connectivity index (χ3v) is 2.46. The van der Waals surface area contributed by atoms with Crippen molar-refractivity contribution in [1.29, 1.82) is 0 Å². The van der Waals surface area contributed by atoms with Crippen molar-refractivity contribution >= 4 is 5.91 Å². The van der Waals surface area contributed by atoms with E-state index in [-0.39, 0.29) is 5.91 Å². The van der Waals surface area contributed by atoms with Gasteiger partial charge in [-0.3, -0.25) is 4.79 Å². The second kappa shape index (κ2) is 4.45. The molecule has 1 aliphatic rings. The van der Waals surface area contributed by atoms with Crippen LogP contribution >= 0.6 is 0 Å². The van der Waals surface area contributed by atoms with Gasteiger partial charge in [-0.2, -0.15) is 0 Å². The fourth-order valence-corrected chi connectivity index (χ4v) is 1.84. The minimum absolute atomic E-state index is 0.0686. The molecule has 1 rings (SSSR count). The Morgan fingerprint density at radius 2 is 2.08 bits per heavy atom. The van der Waals surface area contributed by atoms with Crippen LogP contribution in [-0.4, -0.2) is 11.9 Å². The standard InChI is InChI=1S/C11H19NO/c1-8(2)6-11(13)12-10-5-4-9(3)7-10/h6,9-10H,4-5,7H2,1-3H3,(H,12,13). The Kier molecular flexibility index (Phi) is 3.52. The van der Waals surface area contributed by atoms with Crippen LogP contribution in [0.2, 0.25) is 0 Å². The van der Waals surface area contributed by atoms with Crippen LogP contribution in [0.15, 0.2) is 11.6 Å². The second-order valence-electron chi connectivity index (χ2n) is 4.35. The van der Waals surface area contributed by atoms with Crippen LogP contribution in [0.25, 0.3) is 0 Å². The maximum Gasteiger partial charge on any atom is 0.244 e. The molecule has 0 bridgehead atoms. The van der Waals surface area contributed by atoms with E-state index >= 15 is 0 Å². The van der Waals surface area contributed by atoms with E-state index in [4.69, 9.17) is 0 Å². The molecular formula is C11H19NO.